The van der Waals surface area contributed by atoms with Crippen molar-refractivity contribution in [3.05, 3.63) is 107 Å². The summed E-state index contributed by atoms with van der Waals surface area (Å²) in [4.78, 5) is 6.86. The topological polar surface area (TPSA) is 42.3 Å². The monoisotopic (exact) mass is 468 g/mol. The minimum absolute atomic E-state index is 0.0948. The zero-order valence-corrected chi connectivity index (χ0v) is 20.6. The van der Waals surface area contributed by atoms with Crippen molar-refractivity contribution in [2.45, 2.75) is 32.9 Å². The molecule has 2 aromatic carbocycles. The number of benzene rings is 2. The van der Waals surface area contributed by atoms with E-state index in [-0.39, 0.29) is 12.1 Å². The van der Waals surface area contributed by atoms with Gasteiger partial charge in [-0.15, -0.1) is 0 Å². The van der Waals surface area contributed by atoms with Crippen LogP contribution in [0.1, 0.15) is 40.3 Å². The smallest absolute Gasteiger partial charge is 0.174 e. The number of aryl methyl sites for hydroxylation is 2. The van der Waals surface area contributed by atoms with Gasteiger partial charge in [-0.25, -0.2) is 0 Å². The first kappa shape index (κ1) is 22.2. The molecule has 1 aliphatic rings. The van der Waals surface area contributed by atoms with Gasteiger partial charge in [-0.05, 0) is 80.5 Å². The van der Waals surface area contributed by atoms with Gasteiger partial charge in [0.15, 0.2) is 5.11 Å². The first-order chi connectivity index (χ1) is 16.5. The van der Waals surface area contributed by atoms with Gasteiger partial charge < -0.3 is 19.5 Å². The van der Waals surface area contributed by atoms with Crippen LogP contribution in [0.15, 0.2) is 79.0 Å². The normalized spacial score (nSPS) is 17.6. The lowest BCUT2D eigenvalue weighted by atomic mass is 9.96. The van der Waals surface area contributed by atoms with Crippen molar-refractivity contribution < 1.29 is 4.74 Å². The van der Waals surface area contributed by atoms with Gasteiger partial charge in [0, 0.05) is 23.3 Å². The molecule has 4 aromatic rings. The highest BCUT2D eigenvalue weighted by Gasteiger charge is 2.43. The van der Waals surface area contributed by atoms with Crippen molar-refractivity contribution >= 4 is 23.0 Å². The average molecular weight is 469 g/mol. The van der Waals surface area contributed by atoms with Crippen LogP contribution in [-0.2, 0) is 0 Å². The lowest BCUT2D eigenvalue weighted by Gasteiger charge is -2.29. The van der Waals surface area contributed by atoms with E-state index in [9.17, 15) is 0 Å². The summed E-state index contributed by atoms with van der Waals surface area (Å²) in [6.07, 6.45) is 1.83. The summed E-state index contributed by atoms with van der Waals surface area (Å²) in [5.74, 6) is 0.783. The zero-order valence-electron chi connectivity index (χ0n) is 19.8. The molecule has 2 aromatic heterocycles. The quantitative estimate of drug-likeness (QED) is 0.365. The Morgan fingerprint density at radius 3 is 2.32 bits per heavy atom. The molecule has 1 fully saturated rings. The molecule has 3 heterocycles. The SMILES string of the molecule is COc1ccccc1N1C(=S)N[C@@H](c2ccccn2)[C@H]1c1cc(C)n(-c2ccccc2C)c1C. The Bertz CT molecular complexity index is 1350. The van der Waals surface area contributed by atoms with Crippen LogP contribution in [-0.4, -0.2) is 21.8 Å². The number of rotatable bonds is 5. The second-order valence-electron chi connectivity index (χ2n) is 8.62. The molecule has 0 amide bonds. The first-order valence-electron chi connectivity index (χ1n) is 11.4. The molecular weight excluding hydrogens is 440 g/mol. The third kappa shape index (κ3) is 3.64. The van der Waals surface area contributed by atoms with E-state index < -0.39 is 0 Å². The molecule has 6 heteroatoms. The molecular formula is C28H28N4OS. The van der Waals surface area contributed by atoms with Crippen molar-refractivity contribution in [1.82, 2.24) is 14.9 Å². The number of ether oxygens (including phenoxy) is 1. The van der Waals surface area contributed by atoms with Crippen LogP contribution in [0.3, 0.4) is 0 Å². The van der Waals surface area contributed by atoms with Crippen molar-refractivity contribution in [1.29, 1.82) is 0 Å². The third-order valence-electron chi connectivity index (χ3n) is 6.59. The second-order valence-corrected chi connectivity index (χ2v) is 9.00. The summed E-state index contributed by atoms with van der Waals surface area (Å²) >= 11 is 5.91. The van der Waals surface area contributed by atoms with E-state index in [1.165, 1.54) is 28.2 Å². The van der Waals surface area contributed by atoms with E-state index in [2.05, 4.69) is 83.0 Å². The van der Waals surface area contributed by atoms with Crippen LogP contribution in [0.5, 0.6) is 5.75 Å². The Labute approximate surface area is 206 Å². The average Bonchev–Trinajstić information content (AvgIpc) is 3.35. The van der Waals surface area contributed by atoms with E-state index in [4.69, 9.17) is 17.0 Å². The summed E-state index contributed by atoms with van der Waals surface area (Å²) in [7, 11) is 1.70. The number of anilines is 1. The van der Waals surface area contributed by atoms with Crippen LogP contribution in [0.4, 0.5) is 5.69 Å². The highest BCUT2D eigenvalue weighted by molar-refractivity contribution is 7.80. The largest absolute Gasteiger partial charge is 0.495 e. The van der Waals surface area contributed by atoms with Gasteiger partial charge >= 0.3 is 0 Å². The molecule has 34 heavy (non-hydrogen) atoms. The number of aromatic nitrogens is 2. The van der Waals surface area contributed by atoms with Crippen molar-refractivity contribution in [3.8, 4) is 11.4 Å². The maximum Gasteiger partial charge on any atom is 0.174 e. The van der Waals surface area contributed by atoms with Gasteiger partial charge in [0.05, 0.1) is 30.6 Å². The summed E-state index contributed by atoms with van der Waals surface area (Å²) in [6.45, 7) is 6.50. The van der Waals surface area contributed by atoms with E-state index in [1.807, 2.05) is 36.5 Å². The molecule has 5 rings (SSSR count). The molecule has 1 saturated heterocycles. The maximum atomic E-state index is 5.91. The van der Waals surface area contributed by atoms with Gasteiger partial charge in [0.25, 0.3) is 0 Å². The highest BCUT2D eigenvalue weighted by Crippen LogP contribution is 2.46. The van der Waals surface area contributed by atoms with Gasteiger partial charge in [-0.3, -0.25) is 4.98 Å². The van der Waals surface area contributed by atoms with Gasteiger partial charge in [0.2, 0.25) is 0 Å². The molecule has 5 nitrogen and oxygen atoms in total. The zero-order chi connectivity index (χ0) is 23.8. The number of pyridine rings is 1. The Kier molecular flexibility index (Phi) is 5.84. The van der Waals surface area contributed by atoms with Crippen molar-refractivity contribution in [2.24, 2.45) is 0 Å². The predicted octanol–water partition coefficient (Wildman–Crippen LogP) is 5.98. The maximum absolute atomic E-state index is 5.91. The number of nitrogens with zero attached hydrogens (tertiary/aromatic N) is 3. The van der Waals surface area contributed by atoms with Gasteiger partial charge in [0.1, 0.15) is 5.75 Å². The van der Waals surface area contributed by atoms with Gasteiger partial charge in [-0.2, -0.15) is 0 Å². The standard InChI is InChI=1S/C28H28N4OS/c1-18-11-5-6-13-23(18)31-19(2)17-21(20(31)3)27-26(22-12-9-10-16-29-22)30-28(34)32(27)24-14-7-8-15-25(24)33-4/h5-17,26-27H,1-4H3,(H,30,34)/t26-,27+/m0/s1. The molecule has 1 N–H and O–H groups in total. The van der Waals surface area contributed by atoms with Crippen LogP contribution in [0.2, 0.25) is 0 Å². The number of para-hydroxylation sites is 3. The number of hydrogen-bond acceptors (Lipinski definition) is 3. The summed E-state index contributed by atoms with van der Waals surface area (Å²) in [6, 6.07) is 24.6. The number of methoxy groups -OCH3 is 1. The predicted molar refractivity (Wildman–Crippen MR) is 141 cm³/mol. The minimum atomic E-state index is -0.107. The Balaban J connectivity index is 1.72. The molecule has 0 bridgehead atoms. The van der Waals surface area contributed by atoms with Crippen LogP contribution in [0, 0.1) is 20.8 Å². The van der Waals surface area contributed by atoms with E-state index in [0.29, 0.717) is 5.11 Å². The number of nitrogens with one attached hydrogen (secondary N) is 1. The molecule has 0 saturated carbocycles. The highest BCUT2D eigenvalue weighted by atomic mass is 32.1. The lowest BCUT2D eigenvalue weighted by Crippen LogP contribution is -2.30. The minimum Gasteiger partial charge on any atom is -0.495 e. The fraction of sp³-hybridized carbons (Fsp3) is 0.214. The number of thiocarbonyl (C=S) groups is 1. The van der Waals surface area contributed by atoms with Crippen molar-refractivity contribution in [3.63, 3.8) is 0 Å². The first-order valence-corrected chi connectivity index (χ1v) is 11.8. The second kappa shape index (κ2) is 8.95. The van der Waals surface area contributed by atoms with Crippen LogP contribution >= 0.6 is 12.2 Å². The number of hydrogen-bond donors (Lipinski definition) is 1. The summed E-state index contributed by atoms with van der Waals surface area (Å²) in [5, 5.41) is 4.21. The fourth-order valence-corrected chi connectivity index (χ4v) is 5.37. The molecule has 1 aliphatic heterocycles. The van der Waals surface area contributed by atoms with Crippen molar-refractivity contribution in [2.75, 3.05) is 12.0 Å². The third-order valence-corrected chi connectivity index (χ3v) is 6.90. The summed E-state index contributed by atoms with van der Waals surface area (Å²) in [5.41, 5.74) is 7.88. The molecule has 0 spiro atoms. The van der Waals surface area contributed by atoms with Crippen LogP contribution in [0.25, 0.3) is 5.69 Å². The van der Waals surface area contributed by atoms with E-state index in [0.717, 1.165) is 17.1 Å². The molecule has 0 radical (unpaired) electrons. The van der Waals surface area contributed by atoms with Gasteiger partial charge in [-0.1, -0.05) is 36.4 Å². The molecule has 172 valence electrons. The Morgan fingerprint density at radius 1 is 0.912 bits per heavy atom. The summed E-state index contributed by atoms with van der Waals surface area (Å²) < 4.78 is 8.06. The Morgan fingerprint density at radius 2 is 1.62 bits per heavy atom. The van der Waals surface area contributed by atoms with Crippen LogP contribution < -0.4 is 15.0 Å². The Hall–Kier alpha value is -3.64. The molecule has 0 aliphatic carbocycles. The fourth-order valence-electron chi connectivity index (χ4n) is 5.03. The molecule has 2 atom stereocenters. The van der Waals surface area contributed by atoms with E-state index >= 15 is 0 Å². The van der Waals surface area contributed by atoms with E-state index in [1.54, 1.807) is 7.11 Å². The molecule has 0 unspecified atom stereocenters. The lowest BCUT2D eigenvalue weighted by molar-refractivity contribution is 0.414.